The van der Waals surface area contributed by atoms with Gasteiger partial charge in [0.05, 0.1) is 24.1 Å². The van der Waals surface area contributed by atoms with Crippen molar-refractivity contribution < 1.29 is 14.3 Å². The molecule has 25 heavy (non-hydrogen) atoms. The van der Waals surface area contributed by atoms with Gasteiger partial charge in [-0.15, -0.1) is 11.3 Å². The maximum atomic E-state index is 12.6. The van der Waals surface area contributed by atoms with Crippen molar-refractivity contribution in [2.45, 2.75) is 6.92 Å². The number of anilines is 1. The van der Waals surface area contributed by atoms with Gasteiger partial charge in [-0.3, -0.25) is 9.78 Å². The first-order valence-electron chi connectivity index (χ1n) is 7.46. The van der Waals surface area contributed by atoms with Crippen molar-refractivity contribution in [2.75, 3.05) is 12.4 Å². The molecule has 7 heteroatoms. The molecule has 3 rings (SSSR count). The Balaban J connectivity index is 1.88. The number of benzene rings is 1. The third-order valence-corrected chi connectivity index (χ3v) is 4.70. The first-order valence-corrected chi connectivity index (χ1v) is 8.28. The van der Waals surface area contributed by atoms with Gasteiger partial charge in [0.15, 0.2) is 0 Å². The number of carbonyl (C=O) groups excluding carboxylic acids is 2. The quantitative estimate of drug-likeness (QED) is 0.726. The summed E-state index contributed by atoms with van der Waals surface area (Å²) in [5.41, 5.74) is 2.17. The van der Waals surface area contributed by atoms with Gasteiger partial charge in [-0.2, -0.15) is 0 Å². The zero-order chi connectivity index (χ0) is 17.8. The zero-order valence-corrected chi connectivity index (χ0v) is 14.5. The number of hydrogen-bond acceptors (Lipinski definition) is 6. The van der Waals surface area contributed by atoms with Crippen LogP contribution in [0.2, 0.25) is 0 Å². The number of aromatic nitrogens is 2. The second kappa shape index (κ2) is 7.23. The van der Waals surface area contributed by atoms with Crippen LogP contribution in [0.4, 0.5) is 5.69 Å². The van der Waals surface area contributed by atoms with Crippen molar-refractivity contribution in [3.8, 4) is 10.6 Å². The van der Waals surface area contributed by atoms with E-state index < -0.39 is 5.97 Å². The third-order valence-electron chi connectivity index (χ3n) is 3.49. The molecule has 0 bridgehead atoms. The smallest absolute Gasteiger partial charge is 0.339 e. The first kappa shape index (κ1) is 16.8. The molecule has 0 fully saturated rings. The molecule has 1 amide bonds. The molecule has 0 aliphatic heterocycles. The Morgan fingerprint density at radius 1 is 1.16 bits per heavy atom. The lowest BCUT2D eigenvalue weighted by Crippen LogP contribution is -2.15. The number of esters is 1. The Labute approximate surface area is 148 Å². The number of hydrogen-bond donors (Lipinski definition) is 1. The monoisotopic (exact) mass is 353 g/mol. The summed E-state index contributed by atoms with van der Waals surface area (Å²) in [6.07, 6.45) is 3.38. The van der Waals surface area contributed by atoms with Gasteiger partial charge in [0.1, 0.15) is 9.88 Å². The molecular weight excluding hydrogens is 338 g/mol. The van der Waals surface area contributed by atoms with Crippen LogP contribution in [-0.4, -0.2) is 29.0 Å². The fourth-order valence-corrected chi connectivity index (χ4v) is 3.23. The van der Waals surface area contributed by atoms with Gasteiger partial charge < -0.3 is 10.1 Å². The molecule has 0 aliphatic carbocycles. The Kier molecular flexibility index (Phi) is 4.85. The zero-order valence-electron chi connectivity index (χ0n) is 13.6. The summed E-state index contributed by atoms with van der Waals surface area (Å²) in [6, 6.07) is 10.4. The van der Waals surface area contributed by atoms with Crippen LogP contribution in [-0.2, 0) is 4.74 Å². The lowest BCUT2D eigenvalue weighted by molar-refractivity contribution is 0.0602. The van der Waals surface area contributed by atoms with Crippen LogP contribution < -0.4 is 5.32 Å². The minimum atomic E-state index is -0.507. The summed E-state index contributed by atoms with van der Waals surface area (Å²) in [6.45, 7) is 1.78. The van der Waals surface area contributed by atoms with Gasteiger partial charge >= 0.3 is 5.97 Å². The molecule has 0 saturated heterocycles. The van der Waals surface area contributed by atoms with Crippen molar-refractivity contribution in [2.24, 2.45) is 0 Å². The summed E-state index contributed by atoms with van der Waals surface area (Å²) in [7, 11) is 1.30. The summed E-state index contributed by atoms with van der Waals surface area (Å²) in [4.78, 5) is 33.4. The second-order valence-corrected chi connectivity index (χ2v) is 6.17. The van der Waals surface area contributed by atoms with Crippen LogP contribution in [0.15, 0.2) is 48.8 Å². The van der Waals surface area contributed by atoms with Gasteiger partial charge in [-0.25, -0.2) is 9.78 Å². The fraction of sp³-hybridized carbons (Fsp3) is 0.111. The van der Waals surface area contributed by atoms with Crippen molar-refractivity contribution in [1.82, 2.24) is 9.97 Å². The van der Waals surface area contributed by atoms with Crippen LogP contribution in [0.1, 0.15) is 25.7 Å². The molecule has 0 spiro atoms. The lowest BCUT2D eigenvalue weighted by Gasteiger charge is -2.08. The molecule has 0 saturated carbocycles. The highest BCUT2D eigenvalue weighted by Gasteiger charge is 2.19. The number of rotatable bonds is 4. The highest BCUT2D eigenvalue weighted by atomic mass is 32.1. The average molecular weight is 353 g/mol. The average Bonchev–Trinajstić information content (AvgIpc) is 3.04. The van der Waals surface area contributed by atoms with E-state index in [1.807, 2.05) is 12.1 Å². The summed E-state index contributed by atoms with van der Waals surface area (Å²) in [5.74, 6) is -0.825. The van der Waals surface area contributed by atoms with Gasteiger partial charge in [0.25, 0.3) is 5.91 Å². The van der Waals surface area contributed by atoms with Crippen LogP contribution in [0.25, 0.3) is 10.6 Å². The molecule has 2 aromatic heterocycles. The number of thiazole rings is 1. The largest absolute Gasteiger partial charge is 0.465 e. The molecular formula is C18H15N3O3S. The van der Waals surface area contributed by atoms with Gasteiger partial charge in [0, 0.05) is 18.0 Å². The highest BCUT2D eigenvalue weighted by molar-refractivity contribution is 7.17. The molecule has 6 nitrogen and oxygen atoms in total. The van der Waals surface area contributed by atoms with E-state index in [-0.39, 0.29) is 5.91 Å². The minimum Gasteiger partial charge on any atom is -0.465 e. The van der Waals surface area contributed by atoms with E-state index in [2.05, 4.69) is 15.3 Å². The van der Waals surface area contributed by atoms with E-state index >= 15 is 0 Å². The Morgan fingerprint density at radius 3 is 2.68 bits per heavy atom. The molecule has 3 aromatic rings. The third kappa shape index (κ3) is 3.56. The molecule has 1 N–H and O–H groups in total. The van der Waals surface area contributed by atoms with E-state index in [1.54, 1.807) is 43.6 Å². The molecule has 0 atom stereocenters. The lowest BCUT2D eigenvalue weighted by atomic mass is 10.1. The topological polar surface area (TPSA) is 81.2 Å². The molecule has 0 aliphatic rings. The normalized spacial score (nSPS) is 10.3. The first-order chi connectivity index (χ1) is 12.1. The van der Waals surface area contributed by atoms with Gasteiger partial charge in [0.2, 0.25) is 0 Å². The van der Waals surface area contributed by atoms with E-state index in [9.17, 15) is 9.59 Å². The summed E-state index contributed by atoms with van der Waals surface area (Å²) in [5, 5.41) is 3.48. The number of aryl methyl sites for hydroxylation is 1. The van der Waals surface area contributed by atoms with Crippen molar-refractivity contribution in [3.05, 3.63) is 64.9 Å². The van der Waals surface area contributed by atoms with E-state index in [0.717, 1.165) is 10.6 Å². The minimum absolute atomic E-state index is 0.299. The second-order valence-electron chi connectivity index (χ2n) is 5.17. The Hall–Kier alpha value is -3.06. The van der Waals surface area contributed by atoms with Gasteiger partial charge in [-0.05, 0) is 31.2 Å². The Morgan fingerprint density at radius 2 is 1.96 bits per heavy atom. The molecule has 0 radical (unpaired) electrons. The molecule has 1 aromatic carbocycles. The predicted molar refractivity (Wildman–Crippen MR) is 95.8 cm³/mol. The van der Waals surface area contributed by atoms with Crippen LogP contribution >= 0.6 is 11.3 Å². The summed E-state index contributed by atoms with van der Waals surface area (Å²) >= 11 is 1.28. The standard InChI is InChI=1S/C18H15N3O3S/c1-11-15(25-17(20-11)12-6-5-9-19-10-12)16(22)21-14-8-4-3-7-13(14)18(23)24-2/h3-10H,1-2H3,(H,21,22). The van der Waals surface area contributed by atoms with Crippen molar-refractivity contribution in [1.29, 1.82) is 0 Å². The van der Waals surface area contributed by atoms with Crippen molar-refractivity contribution in [3.63, 3.8) is 0 Å². The highest BCUT2D eigenvalue weighted by Crippen LogP contribution is 2.28. The predicted octanol–water partition coefficient (Wildman–Crippen LogP) is 3.55. The van der Waals surface area contributed by atoms with Crippen LogP contribution in [0.3, 0.4) is 0 Å². The maximum absolute atomic E-state index is 12.6. The van der Waals surface area contributed by atoms with Gasteiger partial charge in [-0.1, -0.05) is 12.1 Å². The van der Waals surface area contributed by atoms with Crippen LogP contribution in [0, 0.1) is 6.92 Å². The van der Waals surface area contributed by atoms with E-state index in [1.165, 1.54) is 18.4 Å². The Bertz CT molecular complexity index is 922. The molecule has 0 unspecified atom stereocenters. The summed E-state index contributed by atoms with van der Waals surface area (Å²) < 4.78 is 4.74. The molecule has 126 valence electrons. The number of methoxy groups -OCH3 is 1. The van der Waals surface area contributed by atoms with Crippen molar-refractivity contribution >= 4 is 28.9 Å². The van der Waals surface area contributed by atoms with E-state index in [4.69, 9.17) is 4.74 Å². The number of para-hydroxylation sites is 1. The number of carbonyl (C=O) groups is 2. The van der Waals surface area contributed by atoms with Crippen LogP contribution in [0.5, 0.6) is 0 Å². The number of ether oxygens (including phenoxy) is 1. The van der Waals surface area contributed by atoms with E-state index in [0.29, 0.717) is 21.8 Å². The maximum Gasteiger partial charge on any atom is 0.339 e. The number of pyridine rings is 1. The SMILES string of the molecule is COC(=O)c1ccccc1NC(=O)c1sc(-c2cccnc2)nc1C. The number of nitrogens with one attached hydrogen (secondary N) is 1. The fourth-order valence-electron chi connectivity index (χ4n) is 2.28. The molecule has 2 heterocycles. The number of nitrogens with zero attached hydrogens (tertiary/aromatic N) is 2. The number of amides is 1.